The number of ether oxygens (including phenoxy) is 1. The molecule has 0 radical (unpaired) electrons. The lowest BCUT2D eigenvalue weighted by Crippen LogP contribution is -2.23. The van der Waals surface area contributed by atoms with Crippen molar-refractivity contribution in [2.24, 2.45) is 5.73 Å². The van der Waals surface area contributed by atoms with Crippen LogP contribution in [-0.2, 0) is 0 Å². The maximum atomic E-state index is 9.46. The van der Waals surface area contributed by atoms with Gasteiger partial charge in [0.15, 0.2) is 0 Å². The van der Waals surface area contributed by atoms with Crippen molar-refractivity contribution in [3.05, 3.63) is 28.2 Å². The fraction of sp³-hybridized carbons (Fsp3) is 0.455. The van der Waals surface area contributed by atoms with E-state index in [1.807, 2.05) is 25.1 Å². The molecule has 15 heavy (non-hydrogen) atoms. The Labute approximate surface area is 98.4 Å². The van der Waals surface area contributed by atoms with Crippen molar-refractivity contribution in [2.75, 3.05) is 6.61 Å². The van der Waals surface area contributed by atoms with Gasteiger partial charge in [0.1, 0.15) is 5.75 Å². The molecule has 4 heteroatoms. The van der Waals surface area contributed by atoms with Gasteiger partial charge in [-0.05, 0) is 32.0 Å². The van der Waals surface area contributed by atoms with E-state index >= 15 is 0 Å². The van der Waals surface area contributed by atoms with E-state index in [1.165, 1.54) is 0 Å². The highest BCUT2D eigenvalue weighted by molar-refractivity contribution is 9.10. The Morgan fingerprint density at radius 2 is 2.20 bits per heavy atom. The van der Waals surface area contributed by atoms with Crippen LogP contribution < -0.4 is 10.5 Å². The summed E-state index contributed by atoms with van der Waals surface area (Å²) < 4.78 is 6.38. The Morgan fingerprint density at radius 3 is 2.73 bits per heavy atom. The van der Waals surface area contributed by atoms with Crippen molar-refractivity contribution in [1.82, 2.24) is 0 Å². The largest absolute Gasteiger partial charge is 0.494 e. The molecule has 0 aliphatic carbocycles. The van der Waals surface area contributed by atoms with Gasteiger partial charge in [0.2, 0.25) is 0 Å². The van der Waals surface area contributed by atoms with Gasteiger partial charge in [-0.15, -0.1) is 0 Å². The quantitative estimate of drug-likeness (QED) is 0.885. The van der Waals surface area contributed by atoms with Gasteiger partial charge in [-0.3, -0.25) is 0 Å². The molecule has 3 nitrogen and oxygen atoms in total. The van der Waals surface area contributed by atoms with Crippen molar-refractivity contribution in [2.45, 2.75) is 26.0 Å². The number of halogens is 1. The molecule has 0 aliphatic rings. The number of hydrogen-bond acceptors (Lipinski definition) is 3. The number of aliphatic hydroxyl groups is 1. The fourth-order valence-electron chi connectivity index (χ4n) is 1.33. The maximum absolute atomic E-state index is 9.46. The monoisotopic (exact) mass is 273 g/mol. The Kier molecular flexibility index (Phi) is 4.57. The van der Waals surface area contributed by atoms with Crippen LogP contribution in [0.4, 0.5) is 0 Å². The average molecular weight is 274 g/mol. The van der Waals surface area contributed by atoms with E-state index in [1.54, 1.807) is 6.92 Å². The van der Waals surface area contributed by atoms with Gasteiger partial charge in [-0.2, -0.15) is 0 Å². The maximum Gasteiger partial charge on any atom is 0.124 e. The first kappa shape index (κ1) is 12.5. The van der Waals surface area contributed by atoms with Crippen LogP contribution in [0.15, 0.2) is 22.7 Å². The molecule has 0 heterocycles. The number of hydrogen-bond donors (Lipinski definition) is 2. The predicted octanol–water partition coefficient (Wildman–Crippen LogP) is 2.23. The zero-order valence-corrected chi connectivity index (χ0v) is 10.5. The Morgan fingerprint density at radius 1 is 1.53 bits per heavy atom. The summed E-state index contributed by atoms with van der Waals surface area (Å²) in [6, 6.07) is 5.20. The molecule has 1 aromatic carbocycles. The molecule has 0 aromatic heterocycles. The van der Waals surface area contributed by atoms with Gasteiger partial charge < -0.3 is 15.6 Å². The van der Waals surface area contributed by atoms with Crippen LogP contribution >= 0.6 is 15.9 Å². The van der Waals surface area contributed by atoms with E-state index in [4.69, 9.17) is 10.5 Å². The molecule has 84 valence electrons. The number of nitrogens with two attached hydrogens (primary N) is 1. The second-order valence-electron chi connectivity index (χ2n) is 3.38. The minimum atomic E-state index is -0.599. The van der Waals surface area contributed by atoms with Gasteiger partial charge in [-0.25, -0.2) is 0 Å². The Bertz CT molecular complexity index is 328. The summed E-state index contributed by atoms with van der Waals surface area (Å²) in [5.41, 5.74) is 6.71. The minimum absolute atomic E-state index is 0.427. The molecule has 0 fully saturated rings. The molecule has 0 unspecified atom stereocenters. The zero-order valence-electron chi connectivity index (χ0n) is 8.90. The molecule has 0 saturated carbocycles. The Hall–Kier alpha value is -0.580. The van der Waals surface area contributed by atoms with Crippen LogP contribution in [0.1, 0.15) is 25.5 Å². The van der Waals surface area contributed by atoms with E-state index in [0.29, 0.717) is 6.61 Å². The third-order valence-corrected chi connectivity index (χ3v) is 2.64. The summed E-state index contributed by atoms with van der Waals surface area (Å²) in [7, 11) is 0. The molecule has 1 rings (SSSR count). The number of benzene rings is 1. The van der Waals surface area contributed by atoms with Gasteiger partial charge >= 0.3 is 0 Å². The highest BCUT2D eigenvalue weighted by Crippen LogP contribution is 2.29. The molecule has 3 N–H and O–H groups in total. The molecular weight excluding hydrogens is 258 g/mol. The van der Waals surface area contributed by atoms with Gasteiger partial charge in [0.25, 0.3) is 0 Å². The lowest BCUT2D eigenvalue weighted by molar-refractivity contribution is 0.162. The van der Waals surface area contributed by atoms with E-state index in [-0.39, 0.29) is 0 Å². The molecule has 0 aliphatic heterocycles. The molecule has 2 atom stereocenters. The van der Waals surface area contributed by atoms with E-state index in [0.717, 1.165) is 15.8 Å². The normalized spacial score (nSPS) is 14.7. The predicted molar refractivity (Wildman–Crippen MR) is 63.9 cm³/mol. The lowest BCUT2D eigenvalue weighted by atomic mass is 10.0. The first-order valence-corrected chi connectivity index (χ1v) is 5.71. The van der Waals surface area contributed by atoms with Crippen LogP contribution in [0.2, 0.25) is 0 Å². The molecular formula is C11H16BrNO2. The smallest absolute Gasteiger partial charge is 0.124 e. The third-order valence-electron chi connectivity index (χ3n) is 2.15. The highest BCUT2D eigenvalue weighted by Gasteiger charge is 2.17. The lowest BCUT2D eigenvalue weighted by Gasteiger charge is -2.19. The third kappa shape index (κ3) is 3.19. The standard InChI is InChI=1S/C11H16BrNO2/c1-3-15-10-5-4-8(12)6-9(10)11(13)7(2)14/h4-7,11,14H,3,13H2,1-2H3/t7-,11-/m1/s1. The van der Waals surface area contributed by atoms with Crippen LogP contribution in [0, 0.1) is 0 Å². The van der Waals surface area contributed by atoms with Crippen molar-refractivity contribution in [1.29, 1.82) is 0 Å². The van der Waals surface area contributed by atoms with E-state index < -0.39 is 12.1 Å². The van der Waals surface area contributed by atoms with Gasteiger partial charge in [0.05, 0.1) is 18.8 Å². The van der Waals surface area contributed by atoms with Crippen molar-refractivity contribution in [3.63, 3.8) is 0 Å². The Balaban J connectivity index is 3.06. The second kappa shape index (κ2) is 5.49. The first-order chi connectivity index (χ1) is 7.06. The van der Waals surface area contributed by atoms with Crippen LogP contribution in [0.25, 0.3) is 0 Å². The molecule has 0 saturated heterocycles. The average Bonchev–Trinajstić information content (AvgIpc) is 2.20. The van der Waals surface area contributed by atoms with E-state index in [2.05, 4.69) is 15.9 Å². The van der Waals surface area contributed by atoms with Crippen molar-refractivity contribution in [3.8, 4) is 5.75 Å². The minimum Gasteiger partial charge on any atom is -0.494 e. The van der Waals surface area contributed by atoms with Crippen LogP contribution in [0.3, 0.4) is 0 Å². The molecule has 1 aromatic rings. The molecule has 0 spiro atoms. The highest BCUT2D eigenvalue weighted by atomic mass is 79.9. The zero-order chi connectivity index (χ0) is 11.4. The van der Waals surface area contributed by atoms with Gasteiger partial charge in [0, 0.05) is 10.0 Å². The van der Waals surface area contributed by atoms with Crippen LogP contribution in [0.5, 0.6) is 5.75 Å². The summed E-state index contributed by atoms with van der Waals surface area (Å²) in [5.74, 6) is 0.731. The summed E-state index contributed by atoms with van der Waals surface area (Å²) in [6.45, 7) is 4.17. The first-order valence-electron chi connectivity index (χ1n) is 4.92. The summed E-state index contributed by atoms with van der Waals surface area (Å²) in [6.07, 6.45) is -0.599. The van der Waals surface area contributed by atoms with Crippen molar-refractivity contribution >= 4 is 15.9 Å². The SMILES string of the molecule is CCOc1ccc(Br)cc1[C@H](N)[C@@H](C)O. The van der Waals surface area contributed by atoms with Gasteiger partial charge in [-0.1, -0.05) is 15.9 Å². The van der Waals surface area contributed by atoms with Crippen molar-refractivity contribution < 1.29 is 9.84 Å². The second-order valence-corrected chi connectivity index (χ2v) is 4.30. The number of rotatable bonds is 4. The molecule has 0 amide bonds. The van der Waals surface area contributed by atoms with E-state index in [9.17, 15) is 5.11 Å². The molecule has 0 bridgehead atoms. The fourth-order valence-corrected chi connectivity index (χ4v) is 1.71. The summed E-state index contributed by atoms with van der Waals surface area (Å²) in [5, 5.41) is 9.46. The summed E-state index contributed by atoms with van der Waals surface area (Å²) in [4.78, 5) is 0. The van der Waals surface area contributed by atoms with Crippen LogP contribution in [-0.4, -0.2) is 17.8 Å². The topological polar surface area (TPSA) is 55.5 Å². The number of aliphatic hydroxyl groups excluding tert-OH is 1. The summed E-state index contributed by atoms with van der Waals surface area (Å²) >= 11 is 3.37.